The molecule has 0 spiro atoms. The van der Waals surface area contributed by atoms with Crippen molar-refractivity contribution in [3.05, 3.63) is 71.4 Å². The average molecular weight is 448 g/mol. The number of aliphatic hydroxyl groups excluding tert-OH is 1. The molecule has 7 nitrogen and oxygen atoms in total. The van der Waals surface area contributed by atoms with Gasteiger partial charge in [-0.2, -0.15) is 0 Å². The molecule has 0 bridgehead atoms. The second kappa shape index (κ2) is 9.50. The van der Waals surface area contributed by atoms with Crippen molar-refractivity contribution in [2.45, 2.75) is 19.4 Å². The highest BCUT2D eigenvalue weighted by Crippen LogP contribution is 2.41. The van der Waals surface area contributed by atoms with Gasteiger partial charge < -0.3 is 24.6 Å². The van der Waals surface area contributed by atoms with Crippen molar-refractivity contribution in [2.24, 2.45) is 0 Å². The number of ketones is 1. The number of hydrogen-bond donors (Lipinski definition) is 2. The Morgan fingerprint density at radius 1 is 1.15 bits per heavy atom. The molecular weight excluding hydrogens is 418 g/mol. The van der Waals surface area contributed by atoms with E-state index in [0.717, 1.165) is 23.0 Å². The summed E-state index contributed by atoms with van der Waals surface area (Å²) >= 11 is 0. The summed E-state index contributed by atoms with van der Waals surface area (Å²) in [7, 11) is 3.93. The average Bonchev–Trinajstić information content (AvgIpc) is 3.34. The summed E-state index contributed by atoms with van der Waals surface area (Å²) in [6, 6.07) is 14.2. The van der Waals surface area contributed by atoms with Crippen LogP contribution in [0.1, 0.15) is 30.5 Å². The number of H-pyrrole nitrogens is 1. The summed E-state index contributed by atoms with van der Waals surface area (Å²) in [4.78, 5) is 33.0. The number of Topliss-reactive ketones (excluding diaryl/α,β-unsaturated/α-hetero) is 1. The van der Waals surface area contributed by atoms with Gasteiger partial charge in [0.05, 0.1) is 18.2 Å². The molecule has 33 heavy (non-hydrogen) atoms. The first-order chi connectivity index (χ1) is 15.9. The van der Waals surface area contributed by atoms with Crippen LogP contribution >= 0.6 is 0 Å². The van der Waals surface area contributed by atoms with Gasteiger partial charge in [0.15, 0.2) is 0 Å². The summed E-state index contributed by atoms with van der Waals surface area (Å²) in [5.41, 5.74) is 2.17. The van der Waals surface area contributed by atoms with Crippen LogP contribution in [-0.2, 0) is 9.59 Å². The molecule has 1 atom stereocenters. The lowest BCUT2D eigenvalue weighted by atomic mass is 9.95. The van der Waals surface area contributed by atoms with E-state index in [2.05, 4.69) is 4.98 Å². The minimum absolute atomic E-state index is 0.100. The number of carbonyl (C=O) groups is 2. The Morgan fingerprint density at radius 3 is 2.70 bits per heavy atom. The van der Waals surface area contributed by atoms with Crippen LogP contribution in [0, 0.1) is 0 Å². The quantitative estimate of drug-likeness (QED) is 0.310. The highest BCUT2D eigenvalue weighted by atomic mass is 16.5. The van der Waals surface area contributed by atoms with E-state index in [1.165, 1.54) is 0 Å². The minimum atomic E-state index is -0.693. The van der Waals surface area contributed by atoms with E-state index in [0.29, 0.717) is 30.9 Å². The monoisotopic (exact) mass is 447 g/mol. The second-order valence-corrected chi connectivity index (χ2v) is 8.40. The molecule has 1 saturated heterocycles. The van der Waals surface area contributed by atoms with Gasteiger partial charge in [-0.05, 0) is 57.7 Å². The number of likely N-dealkylation sites (tertiary alicyclic amines) is 1. The number of carbonyl (C=O) groups excluding carboxylic acids is 2. The lowest BCUT2D eigenvalue weighted by Gasteiger charge is -2.26. The second-order valence-electron chi connectivity index (χ2n) is 8.40. The van der Waals surface area contributed by atoms with Crippen molar-refractivity contribution in [2.75, 3.05) is 33.8 Å². The molecule has 1 aliphatic heterocycles. The predicted molar refractivity (Wildman–Crippen MR) is 128 cm³/mol. The van der Waals surface area contributed by atoms with Gasteiger partial charge >= 0.3 is 0 Å². The molecule has 172 valence electrons. The number of amides is 1. The van der Waals surface area contributed by atoms with Crippen molar-refractivity contribution in [3.8, 4) is 5.75 Å². The van der Waals surface area contributed by atoms with Crippen molar-refractivity contribution >= 4 is 28.4 Å². The summed E-state index contributed by atoms with van der Waals surface area (Å²) in [6.45, 7) is 3.58. The molecule has 4 rings (SSSR count). The molecule has 1 amide bonds. The topological polar surface area (TPSA) is 85.9 Å². The van der Waals surface area contributed by atoms with Gasteiger partial charge in [-0.25, -0.2) is 0 Å². The molecule has 1 aromatic heterocycles. The van der Waals surface area contributed by atoms with E-state index in [1.807, 2.05) is 74.4 Å². The van der Waals surface area contributed by atoms with Gasteiger partial charge in [-0.15, -0.1) is 0 Å². The Balaban J connectivity index is 1.84. The number of rotatable bonds is 8. The Labute approximate surface area is 193 Å². The zero-order valence-corrected chi connectivity index (χ0v) is 19.2. The van der Waals surface area contributed by atoms with Crippen LogP contribution in [0.4, 0.5) is 0 Å². The van der Waals surface area contributed by atoms with E-state index >= 15 is 0 Å². The highest BCUT2D eigenvalue weighted by Gasteiger charge is 2.46. The smallest absolute Gasteiger partial charge is 0.295 e. The molecule has 2 heterocycles. The van der Waals surface area contributed by atoms with E-state index in [9.17, 15) is 14.7 Å². The molecule has 3 aromatic rings. The maximum Gasteiger partial charge on any atom is 0.295 e. The standard InChI is InChI=1S/C26H29N3O4/c1-4-33-18-10-7-9-17(15-18)23-22(25(31)26(32)29(23)14-8-13-28(2)3)24(30)20-16-27-21-12-6-5-11-19(20)21/h5-7,9-12,15-16,23,27,30H,4,8,13-14H2,1-3H3/b24-22-. The first-order valence-electron chi connectivity index (χ1n) is 11.1. The van der Waals surface area contributed by atoms with Gasteiger partial charge in [-0.1, -0.05) is 30.3 Å². The van der Waals surface area contributed by atoms with Crippen LogP contribution < -0.4 is 4.74 Å². The summed E-state index contributed by atoms with van der Waals surface area (Å²) in [6.07, 6.45) is 2.38. The third kappa shape index (κ3) is 4.36. The van der Waals surface area contributed by atoms with Gasteiger partial charge in [-0.3, -0.25) is 9.59 Å². The van der Waals surface area contributed by atoms with Gasteiger partial charge in [0.1, 0.15) is 11.5 Å². The SMILES string of the molecule is CCOc1cccc(C2/C(=C(/O)c3c[nH]c4ccccc34)C(=O)C(=O)N2CCCN(C)C)c1. The predicted octanol–water partition coefficient (Wildman–Crippen LogP) is 3.94. The minimum Gasteiger partial charge on any atom is -0.507 e. The highest BCUT2D eigenvalue weighted by molar-refractivity contribution is 6.46. The normalized spacial score (nSPS) is 17.9. The van der Waals surface area contributed by atoms with Crippen molar-refractivity contribution in [1.82, 2.24) is 14.8 Å². The van der Waals surface area contributed by atoms with Gasteiger partial charge in [0.2, 0.25) is 0 Å². The Hall–Kier alpha value is -3.58. The van der Waals surface area contributed by atoms with Crippen LogP contribution in [0.3, 0.4) is 0 Å². The largest absolute Gasteiger partial charge is 0.507 e. The lowest BCUT2D eigenvalue weighted by Crippen LogP contribution is -2.32. The summed E-state index contributed by atoms with van der Waals surface area (Å²) in [5.74, 6) is -0.787. The molecule has 2 N–H and O–H groups in total. The van der Waals surface area contributed by atoms with Gasteiger partial charge in [0, 0.05) is 29.2 Å². The number of aromatic nitrogens is 1. The lowest BCUT2D eigenvalue weighted by molar-refractivity contribution is -0.139. The summed E-state index contributed by atoms with van der Waals surface area (Å²) < 4.78 is 5.65. The van der Waals surface area contributed by atoms with E-state index in [1.54, 1.807) is 11.1 Å². The molecule has 0 saturated carbocycles. The zero-order valence-electron chi connectivity index (χ0n) is 19.2. The van der Waals surface area contributed by atoms with E-state index < -0.39 is 17.7 Å². The molecule has 1 aliphatic rings. The molecule has 1 unspecified atom stereocenters. The van der Waals surface area contributed by atoms with Crippen LogP contribution in [0.2, 0.25) is 0 Å². The Kier molecular flexibility index (Phi) is 6.51. The molecule has 0 aliphatic carbocycles. The fraction of sp³-hybridized carbons (Fsp3) is 0.308. The maximum atomic E-state index is 13.2. The van der Waals surface area contributed by atoms with E-state index in [4.69, 9.17) is 4.74 Å². The first kappa shape index (κ1) is 22.6. The first-order valence-corrected chi connectivity index (χ1v) is 11.1. The van der Waals surface area contributed by atoms with Crippen molar-refractivity contribution in [3.63, 3.8) is 0 Å². The van der Waals surface area contributed by atoms with Crippen LogP contribution in [-0.4, -0.2) is 65.4 Å². The summed E-state index contributed by atoms with van der Waals surface area (Å²) in [5, 5.41) is 12.1. The zero-order chi connectivity index (χ0) is 23.5. The fourth-order valence-corrected chi connectivity index (χ4v) is 4.37. The number of hydrogen-bond acceptors (Lipinski definition) is 5. The maximum absolute atomic E-state index is 13.2. The van der Waals surface area contributed by atoms with Crippen molar-refractivity contribution in [1.29, 1.82) is 0 Å². The number of ether oxygens (including phenoxy) is 1. The van der Waals surface area contributed by atoms with Crippen LogP contribution in [0.5, 0.6) is 5.75 Å². The third-order valence-corrected chi connectivity index (χ3v) is 5.87. The number of aromatic amines is 1. The molecule has 2 aromatic carbocycles. The Morgan fingerprint density at radius 2 is 1.94 bits per heavy atom. The molecule has 7 heteroatoms. The number of fused-ring (bicyclic) bond motifs is 1. The van der Waals surface area contributed by atoms with E-state index in [-0.39, 0.29) is 11.3 Å². The van der Waals surface area contributed by atoms with Crippen molar-refractivity contribution < 1.29 is 19.4 Å². The van der Waals surface area contributed by atoms with Gasteiger partial charge in [0.25, 0.3) is 11.7 Å². The number of benzene rings is 2. The number of nitrogens with zero attached hydrogens (tertiary/aromatic N) is 2. The number of aliphatic hydroxyl groups is 1. The number of nitrogens with one attached hydrogen (secondary N) is 1. The molecular formula is C26H29N3O4. The molecule has 0 radical (unpaired) electrons. The fourth-order valence-electron chi connectivity index (χ4n) is 4.37. The third-order valence-electron chi connectivity index (χ3n) is 5.87. The van der Waals surface area contributed by atoms with Crippen LogP contribution in [0.25, 0.3) is 16.7 Å². The van der Waals surface area contributed by atoms with Crippen LogP contribution in [0.15, 0.2) is 60.3 Å². The Bertz CT molecular complexity index is 1210. The number of para-hydroxylation sites is 1. The molecule has 1 fully saturated rings.